The monoisotopic (exact) mass is 121 g/mol. The topological polar surface area (TPSA) is 63.3 Å². The van der Waals surface area contributed by atoms with Gasteiger partial charge in [-0.05, 0) is 6.92 Å². The highest BCUT2D eigenvalue weighted by atomic mass is 19.1. The normalized spacial score (nSPS) is 17.4. The van der Waals surface area contributed by atoms with Crippen molar-refractivity contribution >= 4 is 5.97 Å². The maximum Gasteiger partial charge on any atom is 0.323 e. The number of rotatable bonds is 2. The third-order valence-electron chi connectivity index (χ3n) is 0.780. The number of hydrogen-bond acceptors (Lipinski definition) is 2. The van der Waals surface area contributed by atoms with E-state index in [0.717, 1.165) is 6.92 Å². The molecule has 2 unspecified atom stereocenters. The molecule has 3 N–H and O–H groups in total. The molecule has 0 heterocycles. The SMILES string of the molecule is CC(F)C(N)C(=O)O. The summed E-state index contributed by atoms with van der Waals surface area (Å²) in [5, 5.41) is 7.99. The lowest BCUT2D eigenvalue weighted by atomic mass is 10.2. The summed E-state index contributed by atoms with van der Waals surface area (Å²) in [7, 11) is 0. The standard InChI is InChI=1S/C4H8FNO2/c1-2(5)3(6)4(7)8/h2-3H,6H2,1H3,(H,7,8). The molecule has 0 aromatic carbocycles. The average molecular weight is 121 g/mol. The van der Waals surface area contributed by atoms with E-state index in [4.69, 9.17) is 10.8 Å². The summed E-state index contributed by atoms with van der Waals surface area (Å²) in [5.41, 5.74) is 4.78. The van der Waals surface area contributed by atoms with Crippen molar-refractivity contribution in [3.63, 3.8) is 0 Å². The van der Waals surface area contributed by atoms with Crippen LogP contribution in [-0.4, -0.2) is 23.3 Å². The Kier molecular flexibility index (Phi) is 2.41. The summed E-state index contributed by atoms with van der Waals surface area (Å²) in [6.45, 7) is 1.11. The second-order valence-corrected chi connectivity index (χ2v) is 1.54. The van der Waals surface area contributed by atoms with Crippen molar-refractivity contribution in [2.75, 3.05) is 0 Å². The lowest BCUT2D eigenvalue weighted by Crippen LogP contribution is -2.37. The van der Waals surface area contributed by atoms with Crippen LogP contribution < -0.4 is 5.73 Å². The van der Waals surface area contributed by atoms with E-state index < -0.39 is 18.2 Å². The molecule has 0 saturated heterocycles. The second kappa shape index (κ2) is 2.61. The Morgan fingerprint density at radius 1 is 1.88 bits per heavy atom. The summed E-state index contributed by atoms with van der Waals surface area (Å²) in [6.07, 6.45) is -1.48. The van der Waals surface area contributed by atoms with E-state index in [1.165, 1.54) is 0 Å². The van der Waals surface area contributed by atoms with Crippen LogP contribution >= 0.6 is 0 Å². The summed E-state index contributed by atoms with van der Waals surface area (Å²) in [4.78, 5) is 9.78. The van der Waals surface area contributed by atoms with E-state index in [0.29, 0.717) is 0 Å². The molecule has 0 spiro atoms. The van der Waals surface area contributed by atoms with Gasteiger partial charge in [0.25, 0.3) is 0 Å². The maximum atomic E-state index is 11.8. The molecule has 0 aliphatic carbocycles. The molecule has 0 amide bonds. The molecular weight excluding hydrogens is 113 g/mol. The Labute approximate surface area is 46.3 Å². The van der Waals surface area contributed by atoms with Crippen LogP contribution in [0.5, 0.6) is 0 Å². The largest absolute Gasteiger partial charge is 0.480 e. The summed E-state index contributed by atoms with van der Waals surface area (Å²) in [6, 6.07) is -1.38. The quantitative estimate of drug-likeness (QED) is 0.529. The van der Waals surface area contributed by atoms with Crippen LogP contribution in [0.2, 0.25) is 0 Å². The Morgan fingerprint density at radius 3 is 2.25 bits per heavy atom. The molecule has 0 bridgehead atoms. The minimum Gasteiger partial charge on any atom is -0.480 e. The summed E-state index contributed by atoms with van der Waals surface area (Å²) >= 11 is 0. The van der Waals surface area contributed by atoms with Crippen LogP contribution in [-0.2, 0) is 4.79 Å². The van der Waals surface area contributed by atoms with Gasteiger partial charge in [0.2, 0.25) is 0 Å². The Balaban J connectivity index is 3.64. The number of carbonyl (C=O) groups is 1. The summed E-state index contributed by atoms with van der Waals surface area (Å²) in [5.74, 6) is -1.31. The van der Waals surface area contributed by atoms with Crippen molar-refractivity contribution in [1.82, 2.24) is 0 Å². The first kappa shape index (κ1) is 7.36. The smallest absolute Gasteiger partial charge is 0.323 e. The van der Waals surface area contributed by atoms with E-state index >= 15 is 0 Å². The molecule has 0 aliphatic heterocycles. The first-order valence-electron chi connectivity index (χ1n) is 2.18. The van der Waals surface area contributed by atoms with Gasteiger partial charge >= 0.3 is 5.97 Å². The molecule has 3 nitrogen and oxygen atoms in total. The van der Waals surface area contributed by atoms with E-state index in [-0.39, 0.29) is 0 Å². The highest BCUT2D eigenvalue weighted by molar-refractivity contribution is 5.73. The van der Waals surface area contributed by atoms with E-state index in [1.54, 1.807) is 0 Å². The number of nitrogens with two attached hydrogens (primary N) is 1. The van der Waals surface area contributed by atoms with Crippen LogP contribution in [0, 0.1) is 0 Å². The number of carboxylic acids is 1. The van der Waals surface area contributed by atoms with Gasteiger partial charge < -0.3 is 10.8 Å². The zero-order chi connectivity index (χ0) is 6.73. The van der Waals surface area contributed by atoms with Crippen molar-refractivity contribution in [2.24, 2.45) is 5.73 Å². The molecule has 48 valence electrons. The number of aliphatic carboxylic acids is 1. The molecule has 0 radical (unpaired) electrons. The van der Waals surface area contributed by atoms with Crippen LogP contribution in [0.1, 0.15) is 6.92 Å². The van der Waals surface area contributed by atoms with E-state index in [2.05, 4.69) is 0 Å². The van der Waals surface area contributed by atoms with Gasteiger partial charge in [-0.3, -0.25) is 4.79 Å². The zero-order valence-corrected chi connectivity index (χ0v) is 4.47. The summed E-state index contributed by atoms with van der Waals surface area (Å²) < 4.78 is 11.8. The lowest BCUT2D eigenvalue weighted by Gasteiger charge is -2.04. The number of alkyl halides is 1. The highest BCUT2D eigenvalue weighted by Crippen LogP contribution is 1.92. The number of halogens is 1. The average Bonchev–Trinajstić information content (AvgIpc) is 1.64. The minimum atomic E-state index is -1.48. The van der Waals surface area contributed by atoms with Gasteiger partial charge in [0, 0.05) is 0 Å². The van der Waals surface area contributed by atoms with Crippen LogP contribution in [0.25, 0.3) is 0 Å². The third-order valence-corrected chi connectivity index (χ3v) is 0.780. The third kappa shape index (κ3) is 1.88. The first-order valence-corrected chi connectivity index (χ1v) is 2.18. The molecule has 4 heteroatoms. The molecule has 0 aromatic rings. The first-order chi connectivity index (χ1) is 3.55. The Hall–Kier alpha value is -0.640. The lowest BCUT2D eigenvalue weighted by molar-refractivity contribution is -0.139. The fourth-order valence-corrected chi connectivity index (χ4v) is 0.196. The van der Waals surface area contributed by atoms with Gasteiger partial charge in [0.05, 0.1) is 0 Å². The molecule has 0 saturated carbocycles. The van der Waals surface area contributed by atoms with Crippen molar-refractivity contribution in [3.05, 3.63) is 0 Å². The van der Waals surface area contributed by atoms with Crippen LogP contribution in [0.15, 0.2) is 0 Å². The maximum absolute atomic E-state index is 11.8. The van der Waals surface area contributed by atoms with Crippen molar-refractivity contribution < 1.29 is 14.3 Å². The Bertz CT molecular complexity index is 94.0. The van der Waals surface area contributed by atoms with Gasteiger partial charge in [0.1, 0.15) is 12.2 Å². The van der Waals surface area contributed by atoms with Gasteiger partial charge in [-0.25, -0.2) is 4.39 Å². The molecule has 2 atom stereocenters. The molecule has 0 aliphatic rings. The Morgan fingerprint density at radius 2 is 2.25 bits per heavy atom. The predicted molar refractivity (Wildman–Crippen MR) is 26.2 cm³/mol. The molecule has 0 aromatic heterocycles. The van der Waals surface area contributed by atoms with Gasteiger partial charge in [-0.2, -0.15) is 0 Å². The molecule has 0 rings (SSSR count). The highest BCUT2D eigenvalue weighted by Gasteiger charge is 2.18. The predicted octanol–water partition coefficient (Wildman–Crippen LogP) is -0.244. The van der Waals surface area contributed by atoms with Gasteiger partial charge in [-0.15, -0.1) is 0 Å². The minimum absolute atomic E-state index is 1.11. The van der Waals surface area contributed by atoms with Crippen molar-refractivity contribution in [1.29, 1.82) is 0 Å². The fraction of sp³-hybridized carbons (Fsp3) is 0.750. The number of hydrogen-bond donors (Lipinski definition) is 2. The molecular formula is C4H8FNO2. The fourth-order valence-electron chi connectivity index (χ4n) is 0.196. The van der Waals surface area contributed by atoms with Gasteiger partial charge in [-0.1, -0.05) is 0 Å². The number of carboxylic acid groups (broad SMARTS) is 1. The van der Waals surface area contributed by atoms with E-state index in [9.17, 15) is 9.18 Å². The van der Waals surface area contributed by atoms with Crippen LogP contribution in [0.4, 0.5) is 4.39 Å². The zero-order valence-electron chi connectivity index (χ0n) is 4.47. The molecule has 8 heavy (non-hydrogen) atoms. The van der Waals surface area contributed by atoms with Crippen LogP contribution in [0.3, 0.4) is 0 Å². The van der Waals surface area contributed by atoms with E-state index in [1.807, 2.05) is 0 Å². The van der Waals surface area contributed by atoms with Crippen molar-refractivity contribution in [3.8, 4) is 0 Å². The van der Waals surface area contributed by atoms with Gasteiger partial charge in [0.15, 0.2) is 0 Å². The second-order valence-electron chi connectivity index (χ2n) is 1.54. The molecule has 0 fully saturated rings. The van der Waals surface area contributed by atoms with Crippen molar-refractivity contribution in [2.45, 2.75) is 19.1 Å².